The van der Waals surface area contributed by atoms with Gasteiger partial charge in [-0.15, -0.1) is 0 Å². The topological polar surface area (TPSA) is 75.9 Å². The van der Waals surface area contributed by atoms with Gasteiger partial charge < -0.3 is 10.2 Å². The number of amides is 1. The van der Waals surface area contributed by atoms with Crippen LogP contribution in [0.1, 0.15) is 18.4 Å². The lowest BCUT2D eigenvalue weighted by Crippen LogP contribution is -2.38. The molecule has 0 bridgehead atoms. The van der Waals surface area contributed by atoms with Crippen molar-refractivity contribution in [1.29, 1.82) is 0 Å². The van der Waals surface area contributed by atoms with Crippen LogP contribution in [-0.4, -0.2) is 38.5 Å². The van der Waals surface area contributed by atoms with Gasteiger partial charge in [0.1, 0.15) is 24.3 Å². The number of carbonyl (C=O) groups excluding carboxylic acids is 1. The number of nitrogens with one attached hydrogen (secondary N) is 1. The molecule has 0 aliphatic carbocycles. The molecule has 0 atom stereocenters. The van der Waals surface area contributed by atoms with Crippen molar-refractivity contribution in [1.82, 2.24) is 19.5 Å². The quantitative estimate of drug-likeness (QED) is 0.772. The highest BCUT2D eigenvalue weighted by Crippen LogP contribution is 2.24. The van der Waals surface area contributed by atoms with E-state index in [1.807, 2.05) is 48.0 Å². The van der Waals surface area contributed by atoms with Crippen LogP contribution >= 0.6 is 0 Å². The van der Waals surface area contributed by atoms with Crippen molar-refractivity contribution >= 4 is 17.4 Å². The molecule has 2 aromatic heterocycles. The third-order valence-corrected chi connectivity index (χ3v) is 4.92. The number of carbonyl (C=O) groups is 1. The number of rotatable bonds is 4. The molecule has 3 heterocycles. The molecule has 7 heteroatoms. The van der Waals surface area contributed by atoms with E-state index in [2.05, 4.69) is 25.2 Å². The van der Waals surface area contributed by atoms with Gasteiger partial charge in [0.05, 0.1) is 0 Å². The number of hydrogen-bond acceptors (Lipinski definition) is 5. The van der Waals surface area contributed by atoms with Gasteiger partial charge in [0, 0.05) is 43.2 Å². The van der Waals surface area contributed by atoms with Crippen LogP contribution in [0.4, 0.5) is 11.5 Å². The molecule has 4 rings (SSSR count). The zero-order valence-electron chi connectivity index (χ0n) is 15.2. The smallest absolute Gasteiger partial charge is 0.227 e. The molecule has 0 saturated carbocycles. The van der Waals surface area contributed by atoms with Gasteiger partial charge >= 0.3 is 0 Å². The van der Waals surface area contributed by atoms with Gasteiger partial charge in [-0.2, -0.15) is 0 Å². The molecule has 1 N–H and O–H groups in total. The Morgan fingerprint density at radius 3 is 2.56 bits per heavy atom. The van der Waals surface area contributed by atoms with Crippen LogP contribution in [0, 0.1) is 12.8 Å². The van der Waals surface area contributed by atoms with E-state index >= 15 is 0 Å². The van der Waals surface area contributed by atoms with E-state index in [1.54, 1.807) is 18.9 Å². The molecule has 27 heavy (non-hydrogen) atoms. The number of imidazole rings is 1. The van der Waals surface area contributed by atoms with Crippen molar-refractivity contribution < 1.29 is 4.79 Å². The second-order valence-electron chi connectivity index (χ2n) is 6.82. The second-order valence-corrected chi connectivity index (χ2v) is 6.82. The molecule has 0 unspecified atom stereocenters. The number of benzene rings is 1. The standard InChI is InChI=1S/C20H22N6O/c1-15-2-4-17(5-3-15)24-20(27)16-6-9-25(10-7-16)18-12-19(23-13-22-18)26-11-8-21-14-26/h2-5,8,11-14,16H,6-7,9-10H2,1H3,(H,24,27). The Bertz CT molecular complexity index is 898. The van der Waals surface area contributed by atoms with E-state index in [1.165, 1.54) is 5.56 Å². The minimum absolute atomic E-state index is 0.0255. The van der Waals surface area contributed by atoms with Gasteiger partial charge in [0.2, 0.25) is 5.91 Å². The fraction of sp³-hybridized carbons (Fsp3) is 0.300. The van der Waals surface area contributed by atoms with E-state index in [0.29, 0.717) is 0 Å². The first kappa shape index (κ1) is 17.2. The van der Waals surface area contributed by atoms with Gasteiger partial charge in [-0.3, -0.25) is 9.36 Å². The summed E-state index contributed by atoms with van der Waals surface area (Å²) >= 11 is 0. The zero-order valence-corrected chi connectivity index (χ0v) is 15.2. The molecule has 0 spiro atoms. The Hall–Kier alpha value is -3.22. The predicted molar refractivity (Wildman–Crippen MR) is 104 cm³/mol. The molecule has 0 radical (unpaired) electrons. The molecule has 1 saturated heterocycles. The number of piperidine rings is 1. The number of hydrogen-bond donors (Lipinski definition) is 1. The SMILES string of the molecule is Cc1ccc(NC(=O)C2CCN(c3cc(-n4ccnc4)ncn3)CC2)cc1. The Morgan fingerprint density at radius 2 is 1.85 bits per heavy atom. The van der Waals surface area contributed by atoms with E-state index in [9.17, 15) is 4.79 Å². The first-order chi connectivity index (χ1) is 13.2. The largest absolute Gasteiger partial charge is 0.356 e. The third kappa shape index (κ3) is 3.97. The van der Waals surface area contributed by atoms with Gasteiger partial charge in [0.25, 0.3) is 0 Å². The Morgan fingerprint density at radius 1 is 1.11 bits per heavy atom. The molecule has 1 fully saturated rings. The molecule has 1 aliphatic heterocycles. The van der Waals surface area contributed by atoms with Crippen molar-refractivity contribution in [2.75, 3.05) is 23.3 Å². The van der Waals surface area contributed by atoms with Gasteiger partial charge in [-0.25, -0.2) is 15.0 Å². The molecule has 1 aliphatic rings. The molecule has 1 amide bonds. The van der Waals surface area contributed by atoms with Crippen molar-refractivity contribution in [3.63, 3.8) is 0 Å². The number of aryl methyl sites for hydroxylation is 1. The predicted octanol–water partition coefficient (Wildman–Crippen LogP) is 2.83. The fourth-order valence-corrected chi connectivity index (χ4v) is 3.30. The van der Waals surface area contributed by atoms with Crippen molar-refractivity contribution in [2.24, 2.45) is 5.92 Å². The summed E-state index contributed by atoms with van der Waals surface area (Å²) in [6.07, 6.45) is 8.48. The Balaban J connectivity index is 1.37. The number of anilines is 2. The summed E-state index contributed by atoms with van der Waals surface area (Å²) in [6, 6.07) is 9.85. The van der Waals surface area contributed by atoms with Crippen LogP contribution in [0.2, 0.25) is 0 Å². The second kappa shape index (κ2) is 7.57. The highest BCUT2D eigenvalue weighted by molar-refractivity contribution is 5.92. The van der Waals surface area contributed by atoms with Crippen molar-refractivity contribution in [2.45, 2.75) is 19.8 Å². The summed E-state index contributed by atoms with van der Waals surface area (Å²) in [4.78, 5) is 27.5. The van der Waals surface area contributed by atoms with Crippen LogP contribution in [0.3, 0.4) is 0 Å². The summed E-state index contributed by atoms with van der Waals surface area (Å²) in [5.41, 5.74) is 2.04. The van der Waals surface area contributed by atoms with Crippen molar-refractivity contribution in [3.05, 3.63) is 60.9 Å². The average Bonchev–Trinajstić information content (AvgIpc) is 3.25. The summed E-state index contributed by atoms with van der Waals surface area (Å²) in [5, 5.41) is 3.03. The zero-order chi connectivity index (χ0) is 18.6. The molecular weight excluding hydrogens is 340 g/mol. The maximum atomic E-state index is 12.5. The van der Waals surface area contributed by atoms with Gasteiger partial charge in [-0.1, -0.05) is 17.7 Å². The third-order valence-electron chi connectivity index (χ3n) is 4.92. The summed E-state index contributed by atoms with van der Waals surface area (Å²) in [7, 11) is 0. The van der Waals surface area contributed by atoms with Gasteiger partial charge in [-0.05, 0) is 31.9 Å². The van der Waals surface area contributed by atoms with E-state index in [4.69, 9.17) is 0 Å². The molecule has 1 aromatic carbocycles. The maximum absolute atomic E-state index is 12.5. The number of nitrogens with zero attached hydrogens (tertiary/aromatic N) is 5. The lowest BCUT2D eigenvalue weighted by molar-refractivity contribution is -0.120. The first-order valence-electron chi connectivity index (χ1n) is 9.12. The minimum atomic E-state index is 0.0255. The van der Waals surface area contributed by atoms with Crippen molar-refractivity contribution in [3.8, 4) is 5.82 Å². The highest BCUT2D eigenvalue weighted by atomic mass is 16.1. The van der Waals surface area contributed by atoms with E-state index < -0.39 is 0 Å². The molecule has 138 valence electrons. The summed E-state index contributed by atoms with van der Waals surface area (Å²) < 4.78 is 1.85. The van der Waals surface area contributed by atoms with Crippen LogP contribution < -0.4 is 10.2 Å². The summed E-state index contributed by atoms with van der Waals surface area (Å²) in [6.45, 7) is 3.63. The Kier molecular flexibility index (Phi) is 4.82. The Labute approximate surface area is 158 Å². The van der Waals surface area contributed by atoms with Crippen LogP contribution in [0.5, 0.6) is 0 Å². The van der Waals surface area contributed by atoms with Crippen LogP contribution in [0.25, 0.3) is 5.82 Å². The van der Waals surface area contributed by atoms with Gasteiger partial charge in [0.15, 0.2) is 0 Å². The first-order valence-corrected chi connectivity index (χ1v) is 9.12. The van der Waals surface area contributed by atoms with Crippen LogP contribution in [0.15, 0.2) is 55.4 Å². The molecular formula is C20H22N6O. The average molecular weight is 362 g/mol. The highest BCUT2D eigenvalue weighted by Gasteiger charge is 2.26. The summed E-state index contributed by atoms with van der Waals surface area (Å²) in [5.74, 6) is 1.79. The molecule has 3 aromatic rings. The van der Waals surface area contributed by atoms with E-state index in [0.717, 1.165) is 43.3 Å². The normalized spacial score (nSPS) is 14.9. The molecule has 7 nitrogen and oxygen atoms in total. The lowest BCUT2D eigenvalue weighted by atomic mass is 9.95. The monoisotopic (exact) mass is 362 g/mol. The lowest BCUT2D eigenvalue weighted by Gasteiger charge is -2.32. The minimum Gasteiger partial charge on any atom is -0.356 e. The van der Waals surface area contributed by atoms with E-state index in [-0.39, 0.29) is 11.8 Å². The number of aromatic nitrogens is 4. The van der Waals surface area contributed by atoms with Crippen LogP contribution in [-0.2, 0) is 4.79 Å². The fourth-order valence-electron chi connectivity index (χ4n) is 3.30. The maximum Gasteiger partial charge on any atom is 0.227 e.